The minimum atomic E-state index is -1.14. The Morgan fingerprint density at radius 1 is 1.47 bits per heavy atom. The molecule has 2 aromatic rings. The third-order valence-electron chi connectivity index (χ3n) is 2.35. The molecule has 8 heteroatoms. The molecule has 2 N–H and O–H groups in total. The van der Waals surface area contributed by atoms with Crippen molar-refractivity contribution in [3.8, 4) is 0 Å². The first-order valence-corrected chi connectivity index (χ1v) is 5.54. The van der Waals surface area contributed by atoms with Crippen LogP contribution >= 0.6 is 0 Å². The van der Waals surface area contributed by atoms with E-state index in [1.165, 1.54) is 10.9 Å². The Morgan fingerprint density at radius 3 is 2.84 bits per heavy atom. The van der Waals surface area contributed by atoms with Crippen molar-refractivity contribution >= 4 is 11.9 Å². The standard InChI is InChI=1S/C11H12N4O4/c1-7-2-3-9(19-7)10(16)12-4-5-15-6-8(11(17)18)13-14-15/h2-3,6H,4-5H2,1H3,(H,12,16)(H,17,18). The van der Waals surface area contributed by atoms with Gasteiger partial charge in [0.15, 0.2) is 11.5 Å². The lowest BCUT2D eigenvalue weighted by Gasteiger charge is -2.02. The van der Waals surface area contributed by atoms with Crippen LogP contribution in [0, 0.1) is 6.92 Å². The lowest BCUT2D eigenvalue weighted by atomic mass is 10.4. The van der Waals surface area contributed by atoms with Crippen LogP contribution in [0.2, 0.25) is 0 Å². The highest BCUT2D eigenvalue weighted by atomic mass is 16.4. The molecule has 2 heterocycles. The molecule has 1 amide bonds. The van der Waals surface area contributed by atoms with E-state index in [-0.39, 0.29) is 17.4 Å². The summed E-state index contributed by atoms with van der Waals surface area (Å²) in [4.78, 5) is 22.2. The Bertz CT molecular complexity index is 601. The average Bonchev–Trinajstić information content (AvgIpc) is 2.98. The Hall–Kier alpha value is -2.64. The number of aryl methyl sites for hydroxylation is 1. The van der Waals surface area contributed by atoms with Crippen LogP contribution in [-0.2, 0) is 6.54 Å². The van der Waals surface area contributed by atoms with E-state index in [4.69, 9.17) is 9.52 Å². The predicted octanol–water partition coefficient (Wildman–Crippen LogP) is 0.308. The summed E-state index contributed by atoms with van der Waals surface area (Å²) in [5.74, 6) is -0.567. The van der Waals surface area contributed by atoms with Gasteiger partial charge in [-0.05, 0) is 19.1 Å². The molecular formula is C11H12N4O4. The fraction of sp³-hybridized carbons (Fsp3) is 0.273. The number of aromatic carboxylic acids is 1. The molecule has 0 aliphatic rings. The number of carboxylic acids is 1. The van der Waals surface area contributed by atoms with Crippen molar-refractivity contribution in [3.63, 3.8) is 0 Å². The van der Waals surface area contributed by atoms with E-state index in [9.17, 15) is 9.59 Å². The molecule has 0 saturated heterocycles. The van der Waals surface area contributed by atoms with Gasteiger partial charge >= 0.3 is 5.97 Å². The minimum absolute atomic E-state index is 0.131. The van der Waals surface area contributed by atoms with Crippen LogP contribution in [0.15, 0.2) is 22.7 Å². The lowest BCUT2D eigenvalue weighted by molar-refractivity contribution is 0.0690. The molecule has 2 rings (SSSR count). The van der Waals surface area contributed by atoms with E-state index >= 15 is 0 Å². The number of rotatable bonds is 5. The number of carbonyl (C=O) groups is 2. The van der Waals surface area contributed by atoms with Crippen LogP contribution < -0.4 is 5.32 Å². The van der Waals surface area contributed by atoms with Gasteiger partial charge in [-0.2, -0.15) is 0 Å². The van der Waals surface area contributed by atoms with Gasteiger partial charge in [0.2, 0.25) is 0 Å². The van der Waals surface area contributed by atoms with E-state index in [0.717, 1.165) is 0 Å². The van der Waals surface area contributed by atoms with E-state index < -0.39 is 5.97 Å². The summed E-state index contributed by atoms with van der Waals surface area (Å²) in [6, 6.07) is 3.29. The van der Waals surface area contributed by atoms with Crippen molar-refractivity contribution < 1.29 is 19.1 Å². The van der Waals surface area contributed by atoms with Gasteiger partial charge in [-0.25, -0.2) is 9.48 Å². The summed E-state index contributed by atoms with van der Waals surface area (Å²) in [5, 5.41) is 18.4. The number of hydrogen-bond donors (Lipinski definition) is 2. The molecule has 2 aromatic heterocycles. The number of nitrogens with zero attached hydrogens (tertiary/aromatic N) is 3. The maximum atomic E-state index is 11.6. The molecule has 0 unspecified atom stereocenters. The zero-order valence-corrected chi connectivity index (χ0v) is 10.2. The highest BCUT2D eigenvalue weighted by molar-refractivity contribution is 5.91. The quantitative estimate of drug-likeness (QED) is 0.804. The number of aromatic nitrogens is 3. The first-order chi connectivity index (χ1) is 9.06. The molecule has 0 bridgehead atoms. The number of hydrogen-bond acceptors (Lipinski definition) is 5. The normalized spacial score (nSPS) is 10.4. The first-order valence-electron chi connectivity index (χ1n) is 5.54. The van der Waals surface area contributed by atoms with Crippen LogP contribution in [0.4, 0.5) is 0 Å². The summed E-state index contributed by atoms with van der Waals surface area (Å²) >= 11 is 0. The van der Waals surface area contributed by atoms with Gasteiger partial charge in [0.1, 0.15) is 5.76 Å². The summed E-state index contributed by atoms with van der Waals surface area (Å²) < 4.78 is 6.50. The molecule has 0 aliphatic carbocycles. The zero-order valence-electron chi connectivity index (χ0n) is 10.2. The van der Waals surface area contributed by atoms with Gasteiger partial charge in [-0.1, -0.05) is 5.21 Å². The van der Waals surface area contributed by atoms with E-state index in [1.807, 2.05) is 0 Å². The third-order valence-corrected chi connectivity index (χ3v) is 2.35. The van der Waals surface area contributed by atoms with Gasteiger partial charge < -0.3 is 14.8 Å². The fourth-order valence-corrected chi connectivity index (χ4v) is 1.43. The number of carboxylic acid groups (broad SMARTS) is 1. The van der Waals surface area contributed by atoms with E-state index in [1.54, 1.807) is 19.1 Å². The van der Waals surface area contributed by atoms with Crippen molar-refractivity contribution in [1.29, 1.82) is 0 Å². The highest BCUT2D eigenvalue weighted by Gasteiger charge is 2.10. The van der Waals surface area contributed by atoms with Crippen LogP contribution in [0.3, 0.4) is 0 Å². The van der Waals surface area contributed by atoms with Crippen molar-refractivity contribution in [2.45, 2.75) is 13.5 Å². The smallest absolute Gasteiger partial charge is 0.358 e. The first kappa shape index (κ1) is 12.8. The molecule has 0 fully saturated rings. The molecule has 0 spiro atoms. The fourth-order valence-electron chi connectivity index (χ4n) is 1.43. The predicted molar refractivity (Wildman–Crippen MR) is 62.8 cm³/mol. The maximum absolute atomic E-state index is 11.6. The molecule has 0 saturated carbocycles. The Labute approximate surface area is 108 Å². The summed E-state index contributed by atoms with van der Waals surface area (Å²) in [6.45, 7) is 2.37. The average molecular weight is 264 g/mol. The van der Waals surface area contributed by atoms with Gasteiger partial charge in [0, 0.05) is 6.54 Å². The molecule has 100 valence electrons. The Kier molecular flexibility index (Phi) is 3.60. The Balaban J connectivity index is 1.83. The topological polar surface area (TPSA) is 110 Å². The number of nitrogens with one attached hydrogen (secondary N) is 1. The summed E-state index contributed by atoms with van der Waals surface area (Å²) in [5.41, 5.74) is -0.131. The number of amides is 1. The number of furan rings is 1. The molecule has 0 atom stereocenters. The van der Waals surface area contributed by atoms with Crippen molar-refractivity contribution in [3.05, 3.63) is 35.5 Å². The monoisotopic (exact) mass is 264 g/mol. The van der Waals surface area contributed by atoms with Gasteiger partial charge in [-0.15, -0.1) is 5.10 Å². The molecule has 0 aliphatic heterocycles. The second-order valence-corrected chi connectivity index (χ2v) is 3.84. The van der Waals surface area contributed by atoms with Crippen LogP contribution in [0.1, 0.15) is 26.8 Å². The summed E-state index contributed by atoms with van der Waals surface area (Å²) in [7, 11) is 0. The largest absolute Gasteiger partial charge is 0.476 e. The molecule has 0 aromatic carbocycles. The Morgan fingerprint density at radius 2 is 2.26 bits per heavy atom. The highest BCUT2D eigenvalue weighted by Crippen LogP contribution is 2.05. The second kappa shape index (κ2) is 5.34. The van der Waals surface area contributed by atoms with Crippen molar-refractivity contribution in [2.24, 2.45) is 0 Å². The molecular weight excluding hydrogens is 252 g/mol. The van der Waals surface area contributed by atoms with Gasteiger partial charge in [0.25, 0.3) is 5.91 Å². The van der Waals surface area contributed by atoms with Crippen LogP contribution in [0.25, 0.3) is 0 Å². The van der Waals surface area contributed by atoms with Gasteiger partial charge in [0.05, 0.1) is 12.7 Å². The van der Waals surface area contributed by atoms with E-state index in [0.29, 0.717) is 18.8 Å². The van der Waals surface area contributed by atoms with Crippen LogP contribution in [-0.4, -0.2) is 38.5 Å². The zero-order chi connectivity index (χ0) is 13.8. The summed E-state index contributed by atoms with van der Waals surface area (Å²) in [6.07, 6.45) is 1.30. The molecule has 8 nitrogen and oxygen atoms in total. The van der Waals surface area contributed by atoms with Gasteiger partial charge in [-0.3, -0.25) is 4.79 Å². The number of carbonyl (C=O) groups excluding carboxylic acids is 1. The maximum Gasteiger partial charge on any atom is 0.358 e. The second-order valence-electron chi connectivity index (χ2n) is 3.84. The SMILES string of the molecule is Cc1ccc(C(=O)NCCn2cc(C(=O)O)nn2)o1. The van der Waals surface area contributed by atoms with E-state index in [2.05, 4.69) is 15.6 Å². The van der Waals surface area contributed by atoms with Crippen LogP contribution in [0.5, 0.6) is 0 Å². The van der Waals surface area contributed by atoms with Crippen molar-refractivity contribution in [2.75, 3.05) is 6.54 Å². The minimum Gasteiger partial charge on any atom is -0.476 e. The molecule has 0 radical (unpaired) electrons. The molecule has 19 heavy (non-hydrogen) atoms. The lowest BCUT2D eigenvalue weighted by Crippen LogP contribution is -2.27. The van der Waals surface area contributed by atoms with Crippen molar-refractivity contribution in [1.82, 2.24) is 20.3 Å². The third kappa shape index (κ3) is 3.18.